The zero-order valence-corrected chi connectivity index (χ0v) is 18.1. The number of carbonyl (C=O) groups is 3. The third-order valence-corrected chi connectivity index (χ3v) is 6.35. The van der Waals surface area contributed by atoms with Crippen molar-refractivity contribution in [3.63, 3.8) is 0 Å². The number of methoxy groups -OCH3 is 1. The van der Waals surface area contributed by atoms with Gasteiger partial charge in [0.1, 0.15) is 5.82 Å². The van der Waals surface area contributed by atoms with Gasteiger partial charge in [-0.2, -0.15) is 0 Å². The molecule has 1 heterocycles. The van der Waals surface area contributed by atoms with Gasteiger partial charge < -0.3 is 10.1 Å². The summed E-state index contributed by atoms with van der Waals surface area (Å²) in [5, 5.41) is 3.09. The normalized spacial score (nSPS) is 17.0. The molecule has 0 spiro atoms. The molecule has 0 radical (unpaired) electrons. The van der Waals surface area contributed by atoms with Crippen LogP contribution >= 0.6 is 0 Å². The Morgan fingerprint density at radius 1 is 1.09 bits per heavy atom. The highest BCUT2D eigenvalue weighted by molar-refractivity contribution is 6.22. The average Bonchev–Trinajstić information content (AvgIpc) is 3.41. The largest absolute Gasteiger partial charge is 0.385 e. The molecule has 2 aromatic carbocycles. The fourth-order valence-corrected chi connectivity index (χ4v) is 4.66. The second-order valence-corrected chi connectivity index (χ2v) is 8.42. The highest BCUT2D eigenvalue weighted by atomic mass is 19.1. The van der Waals surface area contributed by atoms with Gasteiger partial charge in [0.25, 0.3) is 17.7 Å². The van der Waals surface area contributed by atoms with Gasteiger partial charge in [-0.1, -0.05) is 25.0 Å². The molecule has 1 fully saturated rings. The van der Waals surface area contributed by atoms with Gasteiger partial charge in [-0.05, 0) is 61.1 Å². The van der Waals surface area contributed by atoms with Crippen LogP contribution in [0.3, 0.4) is 0 Å². The van der Waals surface area contributed by atoms with E-state index in [0.29, 0.717) is 24.2 Å². The summed E-state index contributed by atoms with van der Waals surface area (Å²) in [7, 11) is 1.57. The third kappa shape index (κ3) is 4.43. The van der Waals surface area contributed by atoms with Gasteiger partial charge in [0.05, 0.1) is 17.2 Å². The molecule has 2 aromatic rings. The Labute approximate surface area is 186 Å². The summed E-state index contributed by atoms with van der Waals surface area (Å²) in [6.45, 7) is 0.725. The number of halogens is 1. The summed E-state index contributed by atoms with van der Waals surface area (Å²) in [6, 6.07) is 10.6. The van der Waals surface area contributed by atoms with Crippen LogP contribution in [0.25, 0.3) is 0 Å². The zero-order valence-electron chi connectivity index (χ0n) is 18.1. The maximum absolute atomic E-state index is 13.4. The van der Waals surface area contributed by atoms with Crippen LogP contribution in [0.5, 0.6) is 0 Å². The molecule has 0 bridgehead atoms. The van der Waals surface area contributed by atoms with E-state index in [2.05, 4.69) is 5.32 Å². The molecule has 1 saturated carbocycles. The van der Waals surface area contributed by atoms with Crippen LogP contribution in [0, 0.1) is 11.7 Å². The topological polar surface area (TPSA) is 75.7 Å². The number of nitrogens with zero attached hydrogens (tertiary/aromatic N) is 1. The van der Waals surface area contributed by atoms with Gasteiger partial charge in [0.2, 0.25) is 0 Å². The van der Waals surface area contributed by atoms with E-state index in [1.807, 2.05) is 0 Å². The molecule has 6 nitrogen and oxygen atoms in total. The Hall–Kier alpha value is -3.06. The van der Waals surface area contributed by atoms with Crippen molar-refractivity contribution in [3.8, 4) is 0 Å². The van der Waals surface area contributed by atoms with Crippen LogP contribution in [-0.4, -0.2) is 42.9 Å². The molecule has 0 unspecified atom stereocenters. The van der Waals surface area contributed by atoms with E-state index in [-0.39, 0.29) is 47.6 Å². The molecule has 32 heavy (non-hydrogen) atoms. The Morgan fingerprint density at radius 2 is 1.78 bits per heavy atom. The maximum Gasteiger partial charge on any atom is 0.261 e. The van der Waals surface area contributed by atoms with E-state index in [0.717, 1.165) is 31.2 Å². The van der Waals surface area contributed by atoms with E-state index in [9.17, 15) is 18.8 Å². The molecule has 1 aliphatic carbocycles. The highest BCUT2D eigenvalue weighted by Crippen LogP contribution is 2.36. The van der Waals surface area contributed by atoms with E-state index in [1.165, 1.54) is 23.1 Å². The number of nitrogens with one attached hydrogen (secondary N) is 1. The van der Waals surface area contributed by atoms with Crippen molar-refractivity contribution in [2.45, 2.75) is 38.1 Å². The predicted octanol–water partition coefficient (Wildman–Crippen LogP) is 4.12. The molecule has 7 heteroatoms. The molecule has 1 N–H and O–H groups in total. The number of imide groups is 1. The number of hydrogen-bond donors (Lipinski definition) is 1. The Morgan fingerprint density at radius 3 is 2.47 bits per heavy atom. The van der Waals surface area contributed by atoms with Crippen molar-refractivity contribution in [3.05, 3.63) is 70.5 Å². The minimum absolute atomic E-state index is 0.235. The average molecular weight is 438 g/mol. The number of carbonyl (C=O) groups excluding carboxylic acids is 3. The minimum atomic E-state index is -0.387. The fourth-order valence-electron chi connectivity index (χ4n) is 4.66. The summed E-state index contributed by atoms with van der Waals surface area (Å²) in [5.41, 5.74) is 1.76. The van der Waals surface area contributed by atoms with Crippen LogP contribution in [0.1, 0.15) is 74.8 Å². The van der Waals surface area contributed by atoms with Crippen molar-refractivity contribution in [1.82, 2.24) is 10.2 Å². The van der Waals surface area contributed by atoms with Gasteiger partial charge in [0.15, 0.2) is 0 Å². The van der Waals surface area contributed by atoms with E-state index in [1.54, 1.807) is 31.4 Å². The molecule has 168 valence electrons. The van der Waals surface area contributed by atoms with Gasteiger partial charge in [-0.25, -0.2) is 4.39 Å². The molecule has 1 aliphatic heterocycles. The van der Waals surface area contributed by atoms with Crippen LogP contribution in [0.15, 0.2) is 42.5 Å². The van der Waals surface area contributed by atoms with Gasteiger partial charge in [-0.3, -0.25) is 19.3 Å². The first-order valence-corrected chi connectivity index (χ1v) is 11.0. The van der Waals surface area contributed by atoms with Crippen molar-refractivity contribution in [2.75, 3.05) is 20.3 Å². The molecule has 1 atom stereocenters. The number of amides is 3. The first-order valence-electron chi connectivity index (χ1n) is 11.0. The lowest BCUT2D eigenvalue weighted by molar-refractivity contribution is 0.0638. The summed E-state index contributed by atoms with van der Waals surface area (Å²) >= 11 is 0. The summed E-state index contributed by atoms with van der Waals surface area (Å²) in [6.07, 6.45) is 4.75. The van der Waals surface area contributed by atoms with Crippen LogP contribution in [-0.2, 0) is 4.74 Å². The number of fused-ring (bicyclic) bond motifs is 1. The molecular weight excluding hydrogens is 411 g/mol. The fraction of sp³-hybridized carbons (Fsp3) is 0.400. The standard InChI is InChI=1S/C25H27FN2O4/c1-32-14-4-13-28-24(30)20-12-9-18(15-21(20)25(28)31)23(29)27-22(16-5-2-3-6-16)17-7-10-19(26)11-8-17/h7-12,15-16,22H,2-6,13-14H2,1H3,(H,27,29)/t22-/m0/s1. The number of hydrogen-bond acceptors (Lipinski definition) is 4. The van der Waals surface area contributed by atoms with Crippen molar-refractivity contribution in [1.29, 1.82) is 0 Å². The minimum Gasteiger partial charge on any atom is -0.385 e. The van der Waals surface area contributed by atoms with Crippen molar-refractivity contribution in [2.24, 2.45) is 5.92 Å². The van der Waals surface area contributed by atoms with E-state index >= 15 is 0 Å². The maximum atomic E-state index is 13.4. The molecule has 4 rings (SSSR count). The molecule has 2 aliphatic rings. The zero-order chi connectivity index (χ0) is 22.7. The lowest BCUT2D eigenvalue weighted by Crippen LogP contribution is -2.33. The first kappa shape index (κ1) is 22.1. The van der Waals surface area contributed by atoms with Gasteiger partial charge >= 0.3 is 0 Å². The van der Waals surface area contributed by atoms with Crippen molar-refractivity contribution < 1.29 is 23.5 Å². The summed E-state index contributed by atoms with van der Waals surface area (Å²) in [5.74, 6) is -1.09. The van der Waals surface area contributed by atoms with E-state index in [4.69, 9.17) is 4.74 Å². The smallest absolute Gasteiger partial charge is 0.261 e. The summed E-state index contributed by atoms with van der Waals surface area (Å²) < 4.78 is 18.4. The van der Waals surface area contributed by atoms with Crippen LogP contribution < -0.4 is 5.32 Å². The number of benzene rings is 2. The lowest BCUT2D eigenvalue weighted by Gasteiger charge is -2.25. The Bertz CT molecular complexity index is 1020. The molecule has 0 saturated heterocycles. The quantitative estimate of drug-likeness (QED) is 0.497. The SMILES string of the molecule is COCCCN1C(=O)c2ccc(C(=O)N[C@H](c3ccc(F)cc3)C3CCCC3)cc2C1=O. The monoisotopic (exact) mass is 438 g/mol. The second-order valence-electron chi connectivity index (χ2n) is 8.42. The van der Waals surface area contributed by atoms with Gasteiger partial charge in [0, 0.05) is 25.8 Å². The lowest BCUT2D eigenvalue weighted by atomic mass is 9.91. The molecule has 0 aromatic heterocycles. The third-order valence-electron chi connectivity index (χ3n) is 6.35. The number of rotatable bonds is 8. The highest BCUT2D eigenvalue weighted by Gasteiger charge is 2.36. The molecular formula is C25H27FN2O4. The second kappa shape index (κ2) is 9.61. The molecule has 3 amide bonds. The van der Waals surface area contributed by atoms with Crippen LogP contribution in [0.2, 0.25) is 0 Å². The predicted molar refractivity (Wildman–Crippen MR) is 117 cm³/mol. The summed E-state index contributed by atoms with van der Waals surface area (Å²) in [4.78, 5) is 39.7. The van der Waals surface area contributed by atoms with Gasteiger partial charge in [-0.15, -0.1) is 0 Å². The van der Waals surface area contributed by atoms with Crippen LogP contribution in [0.4, 0.5) is 4.39 Å². The number of ether oxygens (including phenoxy) is 1. The Balaban J connectivity index is 1.54. The van der Waals surface area contributed by atoms with Crippen molar-refractivity contribution >= 4 is 17.7 Å². The van der Waals surface area contributed by atoms with E-state index < -0.39 is 0 Å². The Kier molecular flexibility index (Phi) is 6.65. The first-order chi connectivity index (χ1) is 15.5.